The molecule has 118 valence electrons. The van der Waals surface area contributed by atoms with Crippen molar-refractivity contribution in [2.75, 3.05) is 0 Å². The minimum atomic E-state index is -0.196. The van der Waals surface area contributed by atoms with Gasteiger partial charge in [0.05, 0.1) is 17.8 Å². The molecule has 0 spiro atoms. The Bertz CT molecular complexity index is 693. The molecule has 2 aromatic heterocycles. The van der Waals surface area contributed by atoms with Crippen LogP contribution in [0.4, 0.5) is 0 Å². The van der Waals surface area contributed by atoms with Crippen molar-refractivity contribution in [3.05, 3.63) is 35.0 Å². The van der Waals surface area contributed by atoms with Crippen LogP contribution < -0.4 is 5.32 Å². The van der Waals surface area contributed by atoms with Gasteiger partial charge in [-0.05, 0) is 47.0 Å². The smallest absolute Gasteiger partial charge is 0.273 e. The van der Waals surface area contributed by atoms with Gasteiger partial charge in [-0.15, -0.1) is 0 Å². The Balaban J connectivity index is 1.83. The summed E-state index contributed by atoms with van der Waals surface area (Å²) in [5, 5.41) is 11.4. The number of amides is 1. The van der Waals surface area contributed by atoms with Crippen LogP contribution in [0.3, 0.4) is 0 Å². The van der Waals surface area contributed by atoms with Crippen molar-refractivity contribution < 1.29 is 9.32 Å². The van der Waals surface area contributed by atoms with Crippen LogP contribution in [-0.4, -0.2) is 20.8 Å². The van der Waals surface area contributed by atoms with Gasteiger partial charge in [-0.25, -0.2) is 0 Å². The molecule has 1 atom stereocenters. The first kappa shape index (κ1) is 14.8. The van der Waals surface area contributed by atoms with Gasteiger partial charge in [-0.2, -0.15) is 5.10 Å². The van der Waals surface area contributed by atoms with E-state index < -0.39 is 0 Å². The van der Waals surface area contributed by atoms with E-state index in [0.29, 0.717) is 11.5 Å². The summed E-state index contributed by atoms with van der Waals surface area (Å²) in [4.78, 5) is 12.3. The molecule has 0 bridgehead atoms. The number of hydrogen-bond donors (Lipinski definition) is 1. The summed E-state index contributed by atoms with van der Waals surface area (Å²) in [7, 11) is 0. The zero-order valence-electron chi connectivity index (χ0n) is 13.5. The van der Waals surface area contributed by atoms with E-state index in [1.807, 2.05) is 6.20 Å². The lowest BCUT2D eigenvalue weighted by Gasteiger charge is -2.28. The summed E-state index contributed by atoms with van der Waals surface area (Å²) in [5.41, 5.74) is 2.62. The number of nitrogens with one attached hydrogen (secondary N) is 1. The van der Waals surface area contributed by atoms with Crippen molar-refractivity contribution in [3.8, 4) is 0 Å². The number of aromatic nitrogens is 3. The highest BCUT2D eigenvalue weighted by Gasteiger charge is 2.29. The first-order valence-electron chi connectivity index (χ1n) is 7.68. The molecule has 22 heavy (non-hydrogen) atoms. The molecule has 3 rings (SSSR count). The van der Waals surface area contributed by atoms with Crippen molar-refractivity contribution >= 4 is 5.91 Å². The number of nitrogens with zero attached hydrogens (tertiary/aromatic N) is 3. The maximum atomic E-state index is 12.3. The van der Waals surface area contributed by atoms with E-state index in [1.165, 1.54) is 5.69 Å². The second-order valence-corrected chi connectivity index (χ2v) is 6.87. The largest absolute Gasteiger partial charge is 0.361 e. The van der Waals surface area contributed by atoms with E-state index in [1.54, 1.807) is 13.0 Å². The summed E-state index contributed by atoms with van der Waals surface area (Å²) in [6.45, 7) is 8.19. The van der Waals surface area contributed by atoms with Crippen molar-refractivity contribution in [2.45, 2.75) is 58.5 Å². The summed E-state index contributed by atoms with van der Waals surface area (Å²) >= 11 is 0. The molecule has 0 aliphatic heterocycles. The molecule has 6 heteroatoms. The van der Waals surface area contributed by atoms with Crippen LogP contribution in [0.25, 0.3) is 0 Å². The molecule has 2 heterocycles. The molecule has 1 unspecified atom stereocenters. The molecule has 1 aliphatic rings. The number of fused-ring (bicyclic) bond motifs is 1. The topological polar surface area (TPSA) is 73.0 Å². The average Bonchev–Trinajstić information content (AvgIpc) is 3.04. The maximum Gasteiger partial charge on any atom is 0.273 e. The van der Waals surface area contributed by atoms with Crippen molar-refractivity contribution in [1.29, 1.82) is 0 Å². The Hall–Kier alpha value is -2.11. The Morgan fingerprint density at radius 2 is 2.23 bits per heavy atom. The quantitative estimate of drug-likeness (QED) is 0.925. The molecule has 1 N–H and O–H groups in total. The van der Waals surface area contributed by atoms with Crippen LogP contribution in [0.1, 0.15) is 67.2 Å². The van der Waals surface area contributed by atoms with E-state index in [0.717, 1.165) is 24.8 Å². The molecule has 0 aromatic carbocycles. The number of carbonyl (C=O) groups is 1. The fourth-order valence-corrected chi connectivity index (χ4v) is 2.99. The van der Waals surface area contributed by atoms with Gasteiger partial charge in [0, 0.05) is 17.3 Å². The van der Waals surface area contributed by atoms with Gasteiger partial charge in [0.25, 0.3) is 5.91 Å². The number of carbonyl (C=O) groups excluding carboxylic acids is 1. The minimum Gasteiger partial charge on any atom is -0.361 e. The van der Waals surface area contributed by atoms with Crippen molar-refractivity contribution in [2.24, 2.45) is 0 Å². The highest BCUT2D eigenvalue weighted by molar-refractivity contribution is 5.92. The normalized spacial score (nSPS) is 18.1. The molecule has 1 amide bonds. The lowest BCUT2D eigenvalue weighted by Crippen LogP contribution is -2.32. The number of aryl methyl sites for hydroxylation is 1. The summed E-state index contributed by atoms with van der Waals surface area (Å²) in [6, 6.07) is 1.64. The van der Waals surface area contributed by atoms with Gasteiger partial charge >= 0.3 is 0 Å². The SMILES string of the molecule is Cc1cc(C(=O)NC2CCCc3c2cnn3C(C)(C)C)no1. The second-order valence-electron chi connectivity index (χ2n) is 6.87. The first-order chi connectivity index (χ1) is 10.4. The molecule has 0 saturated heterocycles. The molecule has 1 aliphatic carbocycles. The standard InChI is InChI=1S/C16H22N4O2/c1-10-8-13(19-22-10)15(21)18-12-6-5-7-14-11(12)9-17-20(14)16(2,3)4/h8-9,12H,5-7H2,1-4H3,(H,18,21). The summed E-state index contributed by atoms with van der Waals surface area (Å²) in [5.74, 6) is 0.438. The van der Waals surface area contributed by atoms with E-state index >= 15 is 0 Å². The maximum absolute atomic E-state index is 12.3. The molecule has 0 fully saturated rings. The number of hydrogen-bond acceptors (Lipinski definition) is 4. The summed E-state index contributed by atoms with van der Waals surface area (Å²) in [6.07, 6.45) is 4.85. The second kappa shape index (κ2) is 5.26. The van der Waals surface area contributed by atoms with Crippen LogP contribution in [0.15, 0.2) is 16.8 Å². The van der Waals surface area contributed by atoms with E-state index in [9.17, 15) is 4.79 Å². The predicted octanol–water partition coefficient (Wildman–Crippen LogP) is 2.74. The first-order valence-corrected chi connectivity index (χ1v) is 7.68. The third-order valence-electron chi connectivity index (χ3n) is 3.98. The monoisotopic (exact) mass is 302 g/mol. The molecule has 0 radical (unpaired) electrons. The molecular formula is C16H22N4O2. The van der Waals surface area contributed by atoms with Crippen LogP contribution in [0, 0.1) is 6.92 Å². The van der Waals surface area contributed by atoms with Crippen LogP contribution >= 0.6 is 0 Å². The highest BCUT2D eigenvalue weighted by Crippen LogP contribution is 2.32. The fraction of sp³-hybridized carbons (Fsp3) is 0.562. The molecule has 6 nitrogen and oxygen atoms in total. The lowest BCUT2D eigenvalue weighted by molar-refractivity contribution is 0.0923. The van der Waals surface area contributed by atoms with Crippen molar-refractivity contribution in [3.63, 3.8) is 0 Å². The van der Waals surface area contributed by atoms with Crippen molar-refractivity contribution in [1.82, 2.24) is 20.3 Å². The fourth-order valence-electron chi connectivity index (χ4n) is 2.99. The van der Waals surface area contributed by atoms with E-state index in [2.05, 4.69) is 41.0 Å². The Kier molecular flexibility index (Phi) is 3.54. The van der Waals surface area contributed by atoms with Gasteiger partial charge in [0.1, 0.15) is 5.76 Å². The van der Waals surface area contributed by atoms with Gasteiger partial charge in [-0.3, -0.25) is 9.48 Å². The predicted molar refractivity (Wildman–Crippen MR) is 81.6 cm³/mol. The Morgan fingerprint density at radius 3 is 2.86 bits per heavy atom. The minimum absolute atomic E-state index is 0.00986. The average molecular weight is 302 g/mol. The van der Waals surface area contributed by atoms with Gasteiger partial charge in [-0.1, -0.05) is 5.16 Å². The number of rotatable bonds is 2. The van der Waals surface area contributed by atoms with Gasteiger partial charge < -0.3 is 9.84 Å². The zero-order valence-corrected chi connectivity index (χ0v) is 13.5. The van der Waals surface area contributed by atoms with E-state index in [4.69, 9.17) is 4.52 Å². The third kappa shape index (κ3) is 2.65. The summed E-state index contributed by atoms with van der Waals surface area (Å²) < 4.78 is 7.04. The van der Waals surface area contributed by atoms with Crippen LogP contribution in [-0.2, 0) is 12.0 Å². The molecule has 0 saturated carbocycles. The molecule has 2 aromatic rings. The highest BCUT2D eigenvalue weighted by atomic mass is 16.5. The lowest BCUT2D eigenvalue weighted by atomic mass is 9.92. The van der Waals surface area contributed by atoms with Crippen LogP contribution in [0.5, 0.6) is 0 Å². The van der Waals surface area contributed by atoms with Crippen LogP contribution in [0.2, 0.25) is 0 Å². The third-order valence-corrected chi connectivity index (χ3v) is 3.98. The Labute approximate surface area is 129 Å². The van der Waals surface area contributed by atoms with E-state index in [-0.39, 0.29) is 17.5 Å². The van der Waals surface area contributed by atoms with Gasteiger partial charge in [0.15, 0.2) is 5.69 Å². The Morgan fingerprint density at radius 1 is 1.45 bits per heavy atom. The van der Waals surface area contributed by atoms with Gasteiger partial charge in [0.2, 0.25) is 0 Å². The molecular weight excluding hydrogens is 280 g/mol. The zero-order chi connectivity index (χ0) is 15.9.